The highest BCUT2D eigenvalue weighted by Crippen LogP contribution is 2.59. The van der Waals surface area contributed by atoms with Crippen molar-refractivity contribution >= 4 is 6.09 Å². The van der Waals surface area contributed by atoms with Gasteiger partial charge in [0.15, 0.2) is 0 Å². The van der Waals surface area contributed by atoms with Gasteiger partial charge in [-0.2, -0.15) is 5.26 Å². The van der Waals surface area contributed by atoms with Crippen LogP contribution in [0, 0.1) is 22.7 Å². The Labute approximate surface area is 125 Å². The van der Waals surface area contributed by atoms with Gasteiger partial charge in [-0.1, -0.05) is 30.3 Å². The summed E-state index contributed by atoms with van der Waals surface area (Å²) in [6.07, 6.45) is 4.73. The van der Waals surface area contributed by atoms with Crippen LogP contribution in [0.3, 0.4) is 0 Å². The highest BCUT2D eigenvalue weighted by molar-refractivity contribution is 5.67. The molecule has 0 aromatic heterocycles. The minimum absolute atomic E-state index is 0.247. The second-order valence-corrected chi connectivity index (χ2v) is 6.45. The summed E-state index contributed by atoms with van der Waals surface area (Å²) in [5.74, 6) is 0.584. The molecule has 0 aliphatic heterocycles. The topological polar surface area (TPSA) is 62.1 Å². The van der Waals surface area contributed by atoms with Gasteiger partial charge in [0.1, 0.15) is 6.61 Å². The van der Waals surface area contributed by atoms with Crippen LogP contribution in [-0.2, 0) is 11.3 Å². The van der Waals surface area contributed by atoms with E-state index < -0.39 is 0 Å². The summed E-state index contributed by atoms with van der Waals surface area (Å²) >= 11 is 0. The molecule has 0 unspecified atom stereocenters. The summed E-state index contributed by atoms with van der Waals surface area (Å²) in [5, 5.41) is 11.6. The number of hydrogen-bond donors (Lipinski definition) is 1. The Kier molecular flexibility index (Phi) is 3.83. The first-order valence-electron chi connectivity index (χ1n) is 7.53. The van der Waals surface area contributed by atoms with Crippen molar-refractivity contribution in [3.8, 4) is 6.07 Å². The lowest BCUT2D eigenvalue weighted by atomic mass is 9.49. The third-order valence-electron chi connectivity index (χ3n) is 4.72. The van der Waals surface area contributed by atoms with E-state index in [1.54, 1.807) is 0 Å². The van der Waals surface area contributed by atoms with Crippen molar-refractivity contribution in [2.45, 2.75) is 44.8 Å². The van der Waals surface area contributed by atoms with Crippen LogP contribution in [0.4, 0.5) is 4.79 Å². The summed E-state index contributed by atoms with van der Waals surface area (Å²) in [6.45, 7) is 0.314. The number of benzene rings is 1. The summed E-state index contributed by atoms with van der Waals surface area (Å²) in [7, 11) is 0. The number of nitrogens with zero attached hydrogens (tertiary/aromatic N) is 1. The zero-order valence-corrected chi connectivity index (χ0v) is 12.0. The predicted octanol–water partition coefficient (Wildman–Crippen LogP) is 3.39. The Morgan fingerprint density at radius 3 is 2.67 bits per heavy atom. The third kappa shape index (κ3) is 3.18. The maximum atomic E-state index is 11.7. The summed E-state index contributed by atoms with van der Waals surface area (Å²) in [4.78, 5) is 11.7. The number of nitrogens with one attached hydrogen (secondary N) is 1. The van der Waals surface area contributed by atoms with Gasteiger partial charge in [-0.25, -0.2) is 4.79 Å². The molecule has 1 aromatic rings. The SMILES string of the molecule is N#CCC1CC2(C1)CC(NC(=O)OCc1ccccc1)C2. The Balaban J connectivity index is 1.34. The first kappa shape index (κ1) is 13.9. The lowest BCUT2D eigenvalue weighted by molar-refractivity contribution is -0.0465. The number of rotatable bonds is 4. The molecule has 2 saturated carbocycles. The van der Waals surface area contributed by atoms with Crippen LogP contribution < -0.4 is 5.32 Å². The molecule has 4 heteroatoms. The van der Waals surface area contributed by atoms with Crippen molar-refractivity contribution in [2.24, 2.45) is 11.3 Å². The van der Waals surface area contributed by atoms with Crippen LogP contribution in [0.1, 0.15) is 37.7 Å². The van der Waals surface area contributed by atoms with E-state index in [1.807, 2.05) is 30.3 Å². The minimum Gasteiger partial charge on any atom is -0.445 e. The van der Waals surface area contributed by atoms with E-state index in [4.69, 9.17) is 10.00 Å². The van der Waals surface area contributed by atoms with Crippen LogP contribution in [-0.4, -0.2) is 12.1 Å². The van der Waals surface area contributed by atoms with Crippen molar-refractivity contribution in [2.75, 3.05) is 0 Å². The molecule has 1 N–H and O–H groups in total. The Morgan fingerprint density at radius 2 is 2.00 bits per heavy atom. The standard InChI is InChI=1S/C17H20N2O2/c18-7-6-14-8-17(9-14)10-15(11-17)19-16(20)21-12-13-4-2-1-3-5-13/h1-5,14-15H,6,8-12H2,(H,19,20). The molecular weight excluding hydrogens is 264 g/mol. The van der Waals surface area contributed by atoms with E-state index in [0.29, 0.717) is 24.4 Å². The molecule has 0 atom stereocenters. The van der Waals surface area contributed by atoms with Crippen LogP contribution in [0.2, 0.25) is 0 Å². The summed E-state index contributed by atoms with van der Waals surface area (Å²) in [6, 6.07) is 12.2. The van der Waals surface area contributed by atoms with Gasteiger partial charge in [0.2, 0.25) is 0 Å². The molecule has 110 valence electrons. The van der Waals surface area contributed by atoms with Gasteiger partial charge in [-0.15, -0.1) is 0 Å². The smallest absolute Gasteiger partial charge is 0.407 e. The fourth-order valence-corrected chi connectivity index (χ4v) is 3.79. The Bertz CT molecular complexity index is 536. The van der Waals surface area contributed by atoms with Gasteiger partial charge >= 0.3 is 6.09 Å². The largest absolute Gasteiger partial charge is 0.445 e. The number of hydrogen-bond acceptors (Lipinski definition) is 3. The molecule has 21 heavy (non-hydrogen) atoms. The van der Waals surface area contributed by atoms with Gasteiger partial charge < -0.3 is 10.1 Å². The van der Waals surface area contributed by atoms with Crippen molar-refractivity contribution in [3.63, 3.8) is 0 Å². The van der Waals surface area contributed by atoms with Gasteiger partial charge in [-0.05, 0) is 42.6 Å². The van der Waals surface area contributed by atoms with E-state index in [9.17, 15) is 4.79 Å². The fourth-order valence-electron chi connectivity index (χ4n) is 3.79. The van der Waals surface area contributed by atoms with Crippen LogP contribution in [0.25, 0.3) is 0 Å². The molecular formula is C17H20N2O2. The Morgan fingerprint density at radius 1 is 1.29 bits per heavy atom. The Hall–Kier alpha value is -2.02. The van der Waals surface area contributed by atoms with E-state index >= 15 is 0 Å². The summed E-state index contributed by atoms with van der Waals surface area (Å²) in [5.41, 5.74) is 1.41. The first-order valence-corrected chi connectivity index (χ1v) is 7.53. The average molecular weight is 284 g/mol. The van der Waals surface area contributed by atoms with Crippen LogP contribution in [0.5, 0.6) is 0 Å². The maximum absolute atomic E-state index is 11.7. The molecule has 1 amide bonds. The lowest BCUT2D eigenvalue weighted by Gasteiger charge is -2.57. The lowest BCUT2D eigenvalue weighted by Crippen LogP contribution is -2.56. The molecule has 1 aromatic carbocycles. The molecule has 0 heterocycles. The maximum Gasteiger partial charge on any atom is 0.407 e. The minimum atomic E-state index is -0.327. The third-order valence-corrected chi connectivity index (χ3v) is 4.72. The summed E-state index contributed by atoms with van der Waals surface area (Å²) < 4.78 is 5.22. The number of carbonyl (C=O) groups excluding carboxylic acids is 1. The zero-order valence-electron chi connectivity index (χ0n) is 12.0. The van der Waals surface area contributed by atoms with E-state index in [0.717, 1.165) is 31.2 Å². The normalized spacial score (nSPS) is 29.9. The first-order chi connectivity index (χ1) is 10.2. The second kappa shape index (κ2) is 5.77. The zero-order chi connectivity index (χ0) is 14.7. The van der Waals surface area contributed by atoms with Gasteiger partial charge in [0, 0.05) is 12.5 Å². The number of amides is 1. The molecule has 1 spiro atoms. The van der Waals surface area contributed by atoms with Crippen molar-refractivity contribution in [1.82, 2.24) is 5.32 Å². The number of nitriles is 1. The van der Waals surface area contributed by atoms with Crippen molar-refractivity contribution < 1.29 is 9.53 Å². The number of carbonyl (C=O) groups is 1. The second-order valence-electron chi connectivity index (χ2n) is 6.45. The van der Waals surface area contributed by atoms with Crippen LogP contribution >= 0.6 is 0 Å². The van der Waals surface area contributed by atoms with Crippen molar-refractivity contribution in [1.29, 1.82) is 5.26 Å². The molecule has 3 rings (SSSR count). The van der Waals surface area contributed by atoms with E-state index in [-0.39, 0.29) is 12.1 Å². The molecule has 0 bridgehead atoms. The molecule has 0 radical (unpaired) electrons. The van der Waals surface area contributed by atoms with Gasteiger partial charge in [0.25, 0.3) is 0 Å². The molecule has 0 saturated heterocycles. The molecule has 2 aliphatic rings. The van der Waals surface area contributed by atoms with Crippen molar-refractivity contribution in [3.05, 3.63) is 35.9 Å². The highest BCUT2D eigenvalue weighted by Gasteiger charge is 2.52. The number of ether oxygens (including phenoxy) is 1. The molecule has 2 aliphatic carbocycles. The van der Waals surface area contributed by atoms with Gasteiger partial charge in [0.05, 0.1) is 6.07 Å². The molecule has 4 nitrogen and oxygen atoms in total. The average Bonchev–Trinajstić information content (AvgIpc) is 2.42. The van der Waals surface area contributed by atoms with E-state index in [1.165, 1.54) is 0 Å². The fraction of sp³-hybridized carbons (Fsp3) is 0.529. The van der Waals surface area contributed by atoms with Gasteiger partial charge in [-0.3, -0.25) is 0 Å². The molecule has 2 fully saturated rings. The van der Waals surface area contributed by atoms with Crippen LogP contribution in [0.15, 0.2) is 30.3 Å². The highest BCUT2D eigenvalue weighted by atomic mass is 16.5. The monoisotopic (exact) mass is 284 g/mol. The quantitative estimate of drug-likeness (QED) is 0.921. The van der Waals surface area contributed by atoms with E-state index in [2.05, 4.69) is 11.4 Å². The predicted molar refractivity (Wildman–Crippen MR) is 78.2 cm³/mol. The number of alkyl carbamates (subject to hydrolysis) is 1.